The van der Waals surface area contributed by atoms with Crippen molar-refractivity contribution in [1.29, 1.82) is 0 Å². The van der Waals surface area contributed by atoms with Gasteiger partial charge in [0.25, 0.3) is 0 Å². The van der Waals surface area contributed by atoms with Crippen molar-refractivity contribution in [2.45, 2.75) is 26.4 Å². The monoisotopic (exact) mass is 216 g/mol. The number of benzene rings is 1. The van der Waals surface area contributed by atoms with E-state index in [0.29, 0.717) is 6.04 Å². The molecule has 0 unspecified atom stereocenters. The van der Waals surface area contributed by atoms with Crippen LogP contribution in [0.2, 0.25) is 0 Å². The molecule has 1 aromatic heterocycles. The van der Waals surface area contributed by atoms with Crippen LogP contribution in [0.15, 0.2) is 36.9 Å². The van der Waals surface area contributed by atoms with E-state index in [2.05, 4.69) is 41.4 Å². The molecule has 1 heterocycles. The topological polar surface area (TPSA) is 42.7 Å². The van der Waals surface area contributed by atoms with Gasteiger partial charge in [0.05, 0.1) is 5.69 Å². The molecular formula is C12H16N4. The molecule has 0 bridgehead atoms. The van der Waals surface area contributed by atoms with Gasteiger partial charge in [0.2, 0.25) is 0 Å². The van der Waals surface area contributed by atoms with Gasteiger partial charge < -0.3 is 5.32 Å². The summed E-state index contributed by atoms with van der Waals surface area (Å²) >= 11 is 0. The highest BCUT2D eigenvalue weighted by atomic mass is 15.3. The molecule has 0 fully saturated rings. The zero-order chi connectivity index (χ0) is 11.4. The molecule has 1 N–H and O–H groups in total. The van der Waals surface area contributed by atoms with Crippen molar-refractivity contribution < 1.29 is 0 Å². The number of hydrogen-bond acceptors (Lipinski definition) is 3. The zero-order valence-electron chi connectivity index (χ0n) is 9.59. The first-order valence-electron chi connectivity index (χ1n) is 5.43. The smallest absolute Gasteiger partial charge is 0.138 e. The molecule has 16 heavy (non-hydrogen) atoms. The molecule has 0 aliphatic heterocycles. The zero-order valence-corrected chi connectivity index (χ0v) is 9.59. The van der Waals surface area contributed by atoms with Crippen LogP contribution >= 0.6 is 0 Å². The van der Waals surface area contributed by atoms with E-state index in [4.69, 9.17) is 0 Å². The third kappa shape index (κ3) is 2.67. The first kappa shape index (κ1) is 10.8. The summed E-state index contributed by atoms with van der Waals surface area (Å²) in [5.41, 5.74) is 2.31. The maximum atomic E-state index is 4.08. The SMILES string of the molecule is CC(C)NCc1ccc(-n2cncn2)cc1. The first-order chi connectivity index (χ1) is 7.75. The van der Waals surface area contributed by atoms with Gasteiger partial charge in [-0.1, -0.05) is 26.0 Å². The number of rotatable bonds is 4. The molecule has 0 saturated carbocycles. The van der Waals surface area contributed by atoms with Crippen molar-refractivity contribution in [3.63, 3.8) is 0 Å². The Balaban J connectivity index is 2.05. The molecule has 0 radical (unpaired) electrons. The lowest BCUT2D eigenvalue weighted by atomic mass is 10.2. The van der Waals surface area contributed by atoms with Crippen LogP contribution < -0.4 is 5.32 Å². The van der Waals surface area contributed by atoms with Crippen LogP contribution in [0.25, 0.3) is 5.69 Å². The third-order valence-corrected chi connectivity index (χ3v) is 2.33. The van der Waals surface area contributed by atoms with Crippen molar-refractivity contribution in [3.8, 4) is 5.69 Å². The van der Waals surface area contributed by atoms with Crippen molar-refractivity contribution in [2.24, 2.45) is 0 Å². The summed E-state index contributed by atoms with van der Waals surface area (Å²) < 4.78 is 1.75. The maximum Gasteiger partial charge on any atom is 0.138 e. The first-order valence-corrected chi connectivity index (χ1v) is 5.43. The Hall–Kier alpha value is -1.68. The Morgan fingerprint density at radius 3 is 2.56 bits per heavy atom. The van der Waals surface area contributed by atoms with Crippen LogP contribution in [0.1, 0.15) is 19.4 Å². The van der Waals surface area contributed by atoms with E-state index in [-0.39, 0.29) is 0 Å². The summed E-state index contributed by atoms with van der Waals surface area (Å²) in [5.74, 6) is 0. The Bertz CT molecular complexity index is 417. The molecule has 4 heteroatoms. The van der Waals surface area contributed by atoms with Gasteiger partial charge in [0, 0.05) is 12.6 Å². The Morgan fingerprint density at radius 2 is 2.00 bits per heavy atom. The summed E-state index contributed by atoms with van der Waals surface area (Å²) in [7, 11) is 0. The number of nitrogens with one attached hydrogen (secondary N) is 1. The summed E-state index contributed by atoms with van der Waals surface area (Å²) in [4.78, 5) is 3.92. The van der Waals surface area contributed by atoms with E-state index in [1.165, 1.54) is 11.9 Å². The summed E-state index contributed by atoms with van der Waals surface area (Å²) in [6.45, 7) is 5.18. The fraction of sp³-hybridized carbons (Fsp3) is 0.333. The van der Waals surface area contributed by atoms with Gasteiger partial charge in [0.1, 0.15) is 12.7 Å². The fourth-order valence-electron chi connectivity index (χ4n) is 1.43. The predicted octanol–water partition coefficient (Wildman–Crippen LogP) is 1.77. The third-order valence-electron chi connectivity index (χ3n) is 2.33. The van der Waals surface area contributed by atoms with Crippen molar-refractivity contribution >= 4 is 0 Å². The van der Waals surface area contributed by atoms with Gasteiger partial charge in [-0.2, -0.15) is 5.10 Å². The average molecular weight is 216 g/mol. The Labute approximate surface area is 95.3 Å². The van der Waals surface area contributed by atoms with Crippen molar-refractivity contribution in [2.75, 3.05) is 0 Å². The largest absolute Gasteiger partial charge is 0.310 e. The predicted molar refractivity (Wildman–Crippen MR) is 63.3 cm³/mol. The van der Waals surface area contributed by atoms with Gasteiger partial charge in [-0.05, 0) is 17.7 Å². The van der Waals surface area contributed by atoms with E-state index >= 15 is 0 Å². The summed E-state index contributed by atoms with van der Waals surface area (Å²) in [5, 5.41) is 7.46. The molecule has 0 atom stereocenters. The average Bonchev–Trinajstić information content (AvgIpc) is 2.80. The van der Waals surface area contributed by atoms with Gasteiger partial charge in [-0.25, -0.2) is 9.67 Å². The normalized spacial score (nSPS) is 10.9. The fourth-order valence-corrected chi connectivity index (χ4v) is 1.43. The minimum Gasteiger partial charge on any atom is -0.310 e. The highest BCUT2D eigenvalue weighted by Crippen LogP contribution is 2.07. The second-order valence-corrected chi connectivity index (χ2v) is 4.04. The molecule has 0 aliphatic carbocycles. The van der Waals surface area contributed by atoms with E-state index < -0.39 is 0 Å². The molecule has 2 aromatic rings. The molecule has 2 rings (SSSR count). The summed E-state index contributed by atoms with van der Waals surface area (Å²) in [6, 6.07) is 8.81. The van der Waals surface area contributed by atoms with Gasteiger partial charge in [-0.15, -0.1) is 0 Å². The quantitative estimate of drug-likeness (QED) is 0.847. The van der Waals surface area contributed by atoms with Crippen LogP contribution in [-0.2, 0) is 6.54 Å². The van der Waals surface area contributed by atoms with Gasteiger partial charge in [-0.3, -0.25) is 0 Å². The molecule has 84 valence electrons. The van der Waals surface area contributed by atoms with Gasteiger partial charge in [0.15, 0.2) is 0 Å². The van der Waals surface area contributed by atoms with Crippen LogP contribution in [0, 0.1) is 0 Å². The second kappa shape index (κ2) is 4.90. The Kier molecular flexibility index (Phi) is 3.31. The number of hydrogen-bond donors (Lipinski definition) is 1. The Morgan fingerprint density at radius 1 is 1.25 bits per heavy atom. The van der Waals surface area contributed by atoms with Crippen LogP contribution in [-0.4, -0.2) is 20.8 Å². The summed E-state index contributed by atoms with van der Waals surface area (Å²) in [6.07, 6.45) is 3.23. The standard InChI is InChI=1S/C12H16N4/c1-10(2)14-7-11-3-5-12(6-4-11)16-9-13-8-15-16/h3-6,8-10,14H,7H2,1-2H3. The minimum atomic E-state index is 0.509. The van der Waals surface area contributed by atoms with E-state index in [1.54, 1.807) is 11.0 Å². The molecular weight excluding hydrogens is 200 g/mol. The maximum absolute atomic E-state index is 4.08. The van der Waals surface area contributed by atoms with Crippen molar-refractivity contribution in [3.05, 3.63) is 42.5 Å². The molecule has 0 spiro atoms. The van der Waals surface area contributed by atoms with E-state index in [0.717, 1.165) is 12.2 Å². The molecule has 1 aromatic carbocycles. The molecule has 4 nitrogen and oxygen atoms in total. The van der Waals surface area contributed by atoms with E-state index in [9.17, 15) is 0 Å². The second-order valence-electron chi connectivity index (χ2n) is 4.04. The minimum absolute atomic E-state index is 0.509. The lowest BCUT2D eigenvalue weighted by molar-refractivity contribution is 0.589. The van der Waals surface area contributed by atoms with Gasteiger partial charge >= 0.3 is 0 Å². The van der Waals surface area contributed by atoms with Crippen LogP contribution in [0.3, 0.4) is 0 Å². The molecule has 0 saturated heterocycles. The highest BCUT2D eigenvalue weighted by Gasteiger charge is 1.98. The lowest BCUT2D eigenvalue weighted by Crippen LogP contribution is -2.21. The van der Waals surface area contributed by atoms with Crippen molar-refractivity contribution in [1.82, 2.24) is 20.1 Å². The number of nitrogens with zero attached hydrogens (tertiary/aromatic N) is 3. The highest BCUT2D eigenvalue weighted by molar-refractivity contribution is 5.33. The van der Waals surface area contributed by atoms with Crippen LogP contribution in [0.4, 0.5) is 0 Å². The number of aromatic nitrogens is 3. The van der Waals surface area contributed by atoms with Crippen LogP contribution in [0.5, 0.6) is 0 Å². The lowest BCUT2D eigenvalue weighted by Gasteiger charge is -2.08. The molecule has 0 aliphatic rings. The van der Waals surface area contributed by atoms with E-state index in [1.807, 2.05) is 12.1 Å². The molecule has 0 amide bonds.